The minimum Gasteiger partial charge on any atom is -0.381 e. The second-order valence-electron chi connectivity index (χ2n) is 7.15. The average Bonchev–Trinajstić information content (AvgIpc) is 2.25. The summed E-state index contributed by atoms with van der Waals surface area (Å²) in [5.41, 5.74) is 0.707. The van der Waals surface area contributed by atoms with Gasteiger partial charge in [-0.2, -0.15) is 0 Å². The number of nitrogens with one attached hydrogen (secondary N) is 1. The largest absolute Gasteiger partial charge is 0.381 e. The van der Waals surface area contributed by atoms with E-state index in [9.17, 15) is 0 Å². The van der Waals surface area contributed by atoms with E-state index in [2.05, 4.69) is 39.9 Å². The van der Waals surface area contributed by atoms with E-state index in [1.54, 1.807) is 0 Å². The maximum atomic E-state index is 5.54. The molecule has 1 fully saturated rings. The van der Waals surface area contributed by atoms with Gasteiger partial charge in [-0.25, -0.2) is 0 Å². The molecule has 17 heavy (non-hydrogen) atoms. The van der Waals surface area contributed by atoms with Crippen molar-refractivity contribution in [1.29, 1.82) is 0 Å². The topological polar surface area (TPSA) is 21.3 Å². The highest BCUT2D eigenvalue weighted by Crippen LogP contribution is 2.36. The van der Waals surface area contributed by atoms with Crippen molar-refractivity contribution >= 4 is 0 Å². The molecular formula is C15H31NO. The minimum atomic E-state index is 0.225. The summed E-state index contributed by atoms with van der Waals surface area (Å²) < 4.78 is 5.54. The summed E-state index contributed by atoms with van der Waals surface area (Å²) in [5.74, 6) is 0.810. The van der Waals surface area contributed by atoms with Gasteiger partial charge < -0.3 is 10.1 Å². The summed E-state index contributed by atoms with van der Waals surface area (Å²) in [6, 6.07) is 0. The lowest BCUT2D eigenvalue weighted by Crippen LogP contribution is -2.46. The monoisotopic (exact) mass is 241 g/mol. The Morgan fingerprint density at radius 2 is 1.76 bits per heavy atom. The smallest absolute Gasteiger partial charge is 0.0471 e. The first kappa shape index (κ1) is 15.0. The lowest BCUT2D eigenvalue weighted by atomic mass is 9.74. The van der Waals surface area contributed by atoms with E-state index in [4.69, 9.17) is 4.74 Å². The zero-order chi connectivity index (χ0) is 12.9. The van der Waals surface area contributed by atoms with E-state index in [0.717, 1.165) is 25.7 Å². The Morgan fingerprint density at radius 3 is 2.24 bits per heavy atom. The highest BCUT2D eigenvalue weighted by molar-refractivity contribution is 4.87. The van der Waals surface area contributed by atoms with Crippen LogP contribution in [0.3, 0.4) is 0 Å². The van der Waals surface area contributed by atoms with E-state index in [-0.39, 0.29) is 5.54 Å². The molecule has 0 amide bonds. The third-order valence-corrected chi connectivity index (χ3v) is 3.80. The molecule has 1 aliphatic heterocycles. The number of ether oxygens (including phenoxy) is 1. The number of hydrogen-bond acceptors (Lipinski definition) is 2. The van der Waals surface area contributed by atoms with Gasteiger partial charge in [0.25, 0.3) is 0 Å². The molecule has 1 heterocycles. The first-order chi connectivity index (χ1) is 7.83. The lowest BCUT2D eigenvalue weighted by molar-refractivity contribution is 0.00508. The summed E-state index contributed by atoms with van der Waals surface area (Å²) in [6.07, 6.45) is 5.13. The molecule has 2 nitrogen and oxygen atoms in total. The first-order valence-corrected chi connectivity index (χ1v) is 7.16. The maximum absolute atomic E-state index is 5.54. The predicted octanol–water partition coefficient (Wildman–Crippen LogP) is 3.61. The molecule has 2 heteroatoms. The van der Waals surface area contributed by atoms with Crippen molar-refractivity contribution in [3.05, 3.63) is 0 Å². The second kappa shape index (κ2) is 6.19. The standard InChI is InChI=1S/C15H31NO/c1-13(2)6-7-15(8-10-17-11-9-15)12-16-14(3,4)5/h13,16H,6-12H2,1-5H3. The molecule has 0 radical (unpaired) electrons. The third kappa shape index (κ3) is 5.87. The van der Waals surface area contributed by atoms with E-state index >= 15 is 0 Å². The Bertz CT molecular complexity index is 211. The van der Waals surface area contributed by atoms with Crippen molar-refractivity contribution in [3.8, 4) is 0 Å². The van der Waals surface area contributed by atoms with Gasteiger partial charge in [0, 0.05) is 25.3 Å². The van der Waals surface area contributed by atoms with Crippen molar-refractivity contribution in [2.45, 2.75) is 65.8 Å². The quantitative estimate of drug-likeness (QED) is 0.794. The zero-order valence-electron chi connectivity index (χ0n) is 12.4. The van der Waals surface area contributed by atoms with Crippen molar-refractivity contribution in [3.63, 3.8) is 0 Å². The predicted molar refractivity (Wildman–Crippen MR) is 74.3 cm³/mol. The van der Waals surface area contributed by atoms with Crippen molar-refractivity contribution in [1.82, 2.24) is 5.32 Å². The van der Waals surface area contributed by atoms with Gasteiger partial charge in [-0.1, -0.05) is 20.3 Å². The number of hydrogen-bond donors (Lipinski definition) is 1. The molecular weight excluding hydrogens is 210 g/mol. The summed E-state index contributed by atoms with van der Waals surface area (Å²) >= 11 is 0. The summed E-state index contributed by atoms with van der Waals surface area (Å²) in [5, 5.41) is 3.70. The van der Waals surface area contributed by atoms with Crippen LogP contribution in [0.4, 0.5) is 0 Å². The molecule has 0 aromatic rings. The molecule has 0 spiro atoms. The van der Waals surface area contributed by atoms with Crippen LogP contribution in [-0.4, -0.2) is 25.3 Å². The molecule has 0 aromatic heterocycles. The summed E-state index contributed by atoms with van der Waals surface area (Å²) in [4.78, 5) is 0. The highest BCUT2D eigenvalue weighted by atomic mass is 16.5. The molecule has 0 atom stereocenters. The van der Waals surface area contributed by atoms with Crippen LogP contribution in [0.5, 0.6) is 0 Å². The fourth-order valence-corrected chi connectivity index (χ4v) is 2.37. The van der Waals surface area contributed by atoms with Gasteiger partial charge >= 0.3 is 0 Å². The third-order valence-electron chi connectivity index (χ3n) is 3.80. The SMILES string of the molecule is CC(C)CCC1(CNC(C)(C)C)CCOCC1. The average molecular weight is 241 g/mol. The van der Waals surface area contributed by atoms with Gasteiger partial charge in [0.15, 0.2) is 0 Å². The van der Waals surface area contributed by atoms with Crippen LogP contribution in [0.1, 0.15) is 60.3 Å². The minimum absolute atomic E-state index is 0.225. The molecule has 0 saturated carbocycles. The molecule has 1 saturated heterocycles. The van der Waals surface area contributed by atoms with Crippen LogP contribution in [-0.2, 0) is 4.74 Å². The fourth-order valence-electron chi connectivity index (χ4n) is 2.37. The summed E-state index contributed by atoms with van der Waals surface area (Å²) in [7, 11) is 0. The van der Waals surface area contributed by atoms with Gasteiger partial charge in [0.1, 0.15) is 0 Å². The van der Waals surface area contributed by atoms with Crippen LogP contribution < -0.4 is 5.32 Å². The molecule has 0 aromatic carbocycles. The highest BCUT2D eigenvalue weighted by Gasteiger charge is 2.33. The van der Waals surface area contributed by atoms with Gasteiger partial charge in [-0.05, 0) is 51.4 Å². The Morgan fingerprint density at radius 1 is 1.18 bits per heavy atom. The van der Waals surface area contributed by atoms with Crippen molar-refractivity contribution in [2.24, 2.45) is 11.3 Å². The Labute approximate surface area is 108 Å². The van der Waals surface area contributed by atoms with Crippen molar-refractivity contribution < 1.29 is 4.74 Å². The Hall–Kier alpha value is -0.0800. The van der Waals surface area contributed by atoms with E-state index in [1.165, 1.54) is 25.7 Å². The van der Waals surface area contributed by atoms with Gasteiger partial charge in [-0.15, -0.1) is 0 Å². The van der Waals surface area contributed by atoms with Crippen LogP contribution >= 0.6 is 0 Å². The molecule has 1 N–H and O–H groups in total. The molecule has 1 rings (SSSR count). The molecule has 0 bridgehead atoms. The van der Waals surface area contributed by atoms with Gasteiger partial charge in [-0.3, -0.25) is 0 Å². The van der Waals surface area contributed by atoms with Crippen molar-refractivity contribution in [2.75, 3.05) is 19.8 Å². The van der Waals surface area contributed by atoms with E-state index < -0.39 is 0 Å². The fraction of sp³-hybridized carbons (Fsp3) is 1.00. The Kier molecular flexibility index (Phi) is 5.46. The van der Waals surface area contributed by atoms with Gasteiger partial charge in [0.05, 0.1) is 0 Å². The zero-order valence-corrected chi connectivity index (χ0v) is 12.4. The van der Waals surface area contributed by atoms with E-state index in [0.29, 0.717) is 5.41 Å². The van der Waals surface area contributed by atoms with Crippen LogP contribution in [0.2, 0.25) is 0 Å². The normalized spacial score (nSPS) is 20.8. The van der Waals surface area contributed by atoms with Crippen LogP contribution in [0, 0.1) is 11.3 Å². The molecule has 0 aliphatic carbocycles. The van der Waals surface area contributed by atoms with Crippen LogP contribution in [0.15, 0.2) is 0 Å². The lowest BCUT2D eigenvalue weighted by Gasteiger charge is -2.40. The summed E-state index contributed by atoms with van der Waals surface area (Å²) in [6.45, 7) is 14.4. The molecule has 1 aliphatic rings. The second-order valence-corrected chi connectivity index (χ2v) is 7.15. The van der Waals surface area contributed by atoms with E-state index in [1.807, 2.05) is 0 Å². The molecule has 102 valence electrons. The maximum Gasteiger partial charge on any atom is 0.0471 e. The number of rotatable bonds is 5. The van der Waals surface area contributed by atoms with Gasteiger partial charge in [0.2, 0.25) is 0 Å². The first-order valence-electron chi connectivity index (χ1n) is 7.16. The Balaban J connectivity index is 2.52. The van der Waals surface area contributed by atoms with Crippen LogP contribution in [0.25, 0.3) is 0 Å². The molecule has 0 unspecified atom stereocenters.